The zero-order valence-electron chi connectivity index (χ0n) is 19.9. The molecule has 1 aromatic heterocycles. The molecule has 0 fully saturated rings. The number of aromatic amines is 1. The predicted molar refractivity (Wildman–Crippen MR) is 152 cm³/mol. The van der Waals surface area contributed by atoms with Gasteiger partial charge in [-0.3, -0.25) is 10.1 Å². The van der Waals surface area contributed by atoms with Crippen molar-refractivity contribution in [2.24, 2.45) is 0 Å². The molecule has 6 nitrogen and oxygen atoms in total. The summed E-state index contributed by atoms with van der Waals surface area (Å²) in [6.45, 7) is 2.40. The van der Waals surface area contributed by atoms with E-state index < -0.39 is 0 Å². The van der Waals surface area contributed by atoms with Crippen LogP contribution in [-0.4, -0.2) is 21.0 Å². The van der Waals surface area contributed by atoms with Crippen molar-refractivity contribution in [2.75, 3.05) is 5.32 Å². The van der Waals surface area contributed by atoms with Crippen LogP contribution >= 0.6 is 23.8 Å². The maximum atomic E-state index is 12.7. The van der Waals surface area contributed by atoms with Crippen molar-refractivity contribution in [3.63, 3.8) is 0 Å². The highest BCUT2D eigenvalue weighted by Gasteiger charge is 2.12. The van der Waals surface area contributed by atoms with Gasteiger partial charge in [-0.05, 0) is 90.9 Å². The lowest BCUT2D eigenvalue weighted by atomic mass is 10.1. The molecule has 0 aliphatic heterocycles. The molecule has 1 amide bonds. The van der Waals surface area contributed by atoms with Gasteiger partial charge in [0, 0.05) is 21.8 Å². The molecule has 0 saturated heterocycles. The van der Waals surface area contributed by atoms with Crippen LogP contribution in [-0.2, 0) is 6.61 Å². The number of amides is 1. The summed E-state index contributed by atoms with van der Waals surface area (Å²) in [6, 6.07) is 28.1. The first-order valence-electron chi connectivity index (χ1n) is 11.6. The summed E-state index contributed by atoms with van der Waals surface area (Å²) < 4.78 is 5.78. The Labute approximate surface area is 224 Å². The molecule has 0 unspecified atom stereocenters. The van der Waals surface area contributed by atoms with Crippen LogP contribution in [0.25, 0.3) is 22.4 Å². The summed E-state index contributed by atoms with van der Waals surface area (Å²) in [7, 11) is 0. The van der Waals surface area contributed by atoms with Gasteiger partial charge in [0.25, 0.3) is 5.91 Å². The van der Waals surface area contributed by atoms with Gasteiger partial charge in [0.15, 0.2) is 5.11 Å². The number of carbonyl (C=O) groups excluding carboxylic acids is 1. The van der Waals surface area contributed by atoms with Crippen molar-refractivity contribution in [3.8, 4) is 17.1 Å². The van der Waals surface area contributed by atoms with Crippen molar-refractivity contribution in [3.05, 3.63) is 113 Å². The lowest BCUT2D eigenvalue weighted by Crippen LogP contribution is -2.34. The summed E-state index contributed by atoms with van der Waals surface area (Å²) in [5, 5.41) is 6.68. The van der Waals surface area contributed by atoms with Crippen molar-refractivity contribution >= 4 is 51.6 Å². The molecule has 0 bridgehead atoms. The first-order chi connectivity index (χ1) is 17.9. The predicted octanol–water partition coefficient (Wildman–Crippen LogP) is 6.90. The van der Waals surface area contributed by atoms with Crippen molar-refractivity contribution < 1.29 is 9.53 Å². The highest BCUT2D eigenvalue weighted by molar-refractivity contribution is 7.80. The number of nitrogens with one attached hydrogen (secondary N) is 3. The summed E-state index contributed by atoms with van der Waals surface area (Å²) in [5.41, 5.74) is 6.06. The molecule has 0 atom stereocenters. The van der Waals surface area contributed by atoms with Crippen LogP contribution in [0.4, 0.5) is 5.69 Å². The smallest absolute Gasteiger partial charge is 0.257 e. The van der Waals surface area contributed by atoms with Gasteiger partial charge < -0.3 is 15.0 Å². The fraction of sp³-hybridized carbons (Fsp3) is 0.0690. The minimum atomic E-state index is -0.316. The van der Waals surface area contributed by atoms with E-state index in [9.17, 15) is 4.79 Å². The number of thiocarbonyl (C=S) groups is 1. The van der Waals surface area contributed by atoms with Gasteiger partial charge in [0.05, 0.1) is 11.0 Å². The van der Waals surface area contributed by atoms with Crippen molar-refractivity contribution in [2.45, 2.75) is 13.5 Å². The zero-order valence-corrected chi connectivity index (χ0v) is 21.5. The maximum absolute atomic E-state index is 12.7. The number of ether oxygens (including phenoxy) is 1. The third-order valence-electron chi connectivity index (χ3n) is 5.78. The molecule has 0 spiro atoms. The maximum Gasteiger partial charge on any atom is 0.257 e. The first kappa shape index (κ1) is 24.5. The van der Waals surface area contributed by atoms with E-state index >= 15 is 0 Å². The Balaban J connectivity index is 1.20. The molecule has 5 rings (SSSR count). The molecule has 184 valence electrons. The number of anilines is 1. The van der Waals surface area contributed by atoms with Crippen LogP contribution in [0, 0.1) is 6.92 Å². The molecular weight excluding hydrogens is 504 g/mol. The van der Waals surface area contributed by atoms with E-state index in [2.05, 4.69) is 15.6 Å². The molecule has 0 aliphatic rings. The Bertz CT molecular complexity index is 1560. The molecule has 0 saturated carbocycles. The van der Waals surface area contributed by atoms with Crippen LogP contribution in [0.2, 0.25) is 5.02 Å². The van der Waals surface area contributed by atoms with E-state index in [0.717, 1.165) is 39.2 Å². The van der Waals surface area contributed by atoms with Gasteiger partial charge in [0.2, 0.25) is 0 Å². The first-order valence-corrected chi connectivity index (χ1v) is 12.4. The highest BCUT2D eigenvalue weighted by Crippen LogP contribution is 2.26. The monoisotopic (exact) mass is 526 g/mol. The van der Waals surface area contributed by atoms with Gasteiger partial charge in [-0.25, -0.2) is 4.98 Å². The number of hydrogen-bond donors (Lipinski definition) is 3. The van der Waals surface area contributed by atoms with Crippen LogP contribution in [0.3, 0.4) is 0 Å². The number of aromatic nitrogens is 2. The minimum absolute atomic E-state index is 0.200. The largest absolute Gasteiger partial charge is 0.489 e. The average molecular weight is 527 g/mol. The van der Waals surface area contributed by atoms with E-state index in [1.165, 1.54) is 0 Å². The Hall–Kier alpha value is -4.20. The van der Waals surface area contributed by atoms with Crippen LogP contribution < -0.4 is 15.4 Å². The number of aryl methyl sites for hydroxylation is 1. The summed E-state index contributed by atoms with van der Waals surface area (Å²) >= 11 is 11.4. The average Bonchev–Trinajstić information content (AvgIpc) is 3.33. The third kappa shape index (κ3) is 5.97. The van der Waals surface area contributed by atoms with Gasteiger partial charge in [-0.1, -0.05) is 41.9 Å². The minimum Gasteiger partial charge on any atom is -0.489 e. The Morgan fingerprint density at radius 1 is 1.00 bits per heavy atom. The molecule has 8 heteroatoms. The topological polar surface area (TPSA) is 79.0 Å². The quantitative estimate of drug-likeness (QED) is 0.210. The second-order valence-corrected chi connectivity index (χ2v) is 9.33. The Morgan fingerprint density at radius 3 is 2.59 bits per heavy atom. The summed E-state index contributed by atoms with van der Waals surface area (Å²) in [5.74, 6) is 1.11. The number of nitrogens with zero attached hydrogens (tertiary/aromatic N) is 1. The van der Waals surface area contributed by atoms with E-state index in [1.807, 2.05) is 73.7 Å². The number of hydrogen-bond acceptors (Lipinski definition) is 4. The number of carbonyl (C=O) groups is 1. The van der Waals surface area contributed by atoms with Gasteiger partial charge in [-0.15, -0.1) is 0 Å². The second kappa shape index (κ2) is 10.8. The third-order valence-corrected chi connectivity index (χ3v) is 6.22. The fourth-order valence-corrected chi connectivity index (χ4v) is 4.29. The van der Waals surface area contributed by atoms with Crippen LogP contribution in [0.1, 0.15) is 21.5 Å². The molecule has 1 heterocycles. The zero-order chi connectivity index (χ0) is 25.8. The molecule has 4 aromatic carbocycles. The van der Waals surface area contributed by atoms with E-state index in [-0.39, 0.29) is 11.0 Å². The number of halogens is 1. The van der Waals surface area contributed by atoms with Crippen LogP contribution in [0.15, 0.2) is 91.0 Å². The van der Waals surface area contributed by atoms with Crippen molar-refractivity contribution in [1.82, 2.24) is 15.3 Å². The number of benzene rings is 4. The number of H-pyrrole nitrogens is 1. The van der Waals surface area contributed by atoms with Gasteiger partial charge in [-0.2, -0.15) is 0 Å². The van der Waals surface area contributed by atoms with E-state index in [4.69, 9.17) is 33.5 Å². The number of para-hydroxylation sites is 2. The molecule has 0 aliphatic carbocycles. The molecular formula is C29H23ClN4O2S. The normalized spacial score (nSPS) is 10.8. The molecule has 3 N–H and O–H groups in total. The number of fused-ring (bicyclic) bond motifs is 1. The SMILES string of the molecule is Cc1ccc(NC(=S)NC(=O)c2ccc(OCc3cccc(Cl)c3)cc2)cc1-c1nc2ccccc2[nH]1. The summed E-state index contributed by atoms with van der Waals surface area (Å²) in [4.78, 5) is 20.8. The lowest BCUT2D eigenvalue weighted by molar-refractivity contribution is 0.0977. The van der Waals surface area contributed by atoms with Crippen LogP contribution in [0.5, 0.6) is 5.75 Å². The number of imidazole rings is 1. The summed E-state index contributed by atoms with van der Waals surface area (Å²) in [6.07, 6.45) is 0. The Kier molecular flexibility index (Phi) is 7.16. The van der Waals surface area contributed by atoms with E-state index in [0.29, 0.717) is 22.9 Å². The molecule has 5 aromatic rings. The standard InChI is InChI=1S/C29H23ClN4O2S/c1-18-9-12-22(16-24(18)27-32-25-7-2-3-8-26(25)33-27)31-29(37)34-28(35)20-10-13-23(14-11-20)36-17-19-5-4-6-21(30)15-19/h2-16H,17H2,1H3,(H,32,33)(H2,31,34,35,37). The van der Waals surface area contributed by atoms with Gasteiger partial charge in [0.1, 0.15) is 18.2 Å². The molecule has 37 heavy (non-hydrogen) atoms. The van der Waals surface area contributed by atoms with Gasteiger partial charge >= 0.3 is 0 Å². The van der Waals surface area contributed by atoms with Crippen molar-refractivity contribution in [1.29, 1.82) is 0 Å². The molecule has 0 radical (unpaired) electrons. The fourth-order valence-electron chi connectivity index (χ4n) is 3.87. The number of rotatable bonds is 6. The van der Waals surface area contributed by atoms with E-state index in [1.54, 1.807) is 24.3 Å². The Morgan fingerprint density at radius 2 is 1.81 bits per heavy atom. The highest BCUT2D eigenvalue weighted by atomic mass is 35.5. The second-order valence-electron chi connectivity index (χ2n) is 8.48. The lowest BCUT2D eigenvalue weighted by Gasteiger charge is -2.12.